The van der Waals surface area contributed by atoms with Crippen LogP contribution in [0.4, 0.5) is 13.2 Å². The van der Waals surface area contributed by atoms with Gasteiger partial charge in [0.25, 0.3) is 0 Å². The third kappa shape index (κ3) is 4.44. The highest BCUT2D eigenvalue weighted by Gasteiger charge is 2.39. The van der Waals surface area contributed by atoms with E-state index < -0.39 is 23.7 Å². The Morgan fingerprint density at radius 1 is 1.21 bits per heavy atom. The normalized spacial score (nSPS) is 15.8. The summed E-state index contributed by atoms with van der Waals surface area (Å²) >= 11 is 0. The lowest BCUT2D eigenvalue weighted by Crippen LogP contribution is -2.42. The fraction of sp³-hybridized carbons (Fsp3) is 0.500. The van der Waals surface area contributed by atoms with Crippen LogP contribution in [0.1, 0.15) is 30.3 Å². The Bertz CT molecular complexity index is 868. The number of likely N-dealkylation sites (tertiary alicyclic amines) is 1. The number of amides is 1. The van der Waals surface area contributed by atoms with Crippen LogP contribution in [0.2, 0.25) is 0 Å². The Morgan fingerprint density at radius 3 is 2.43 bits per heavy atom. The fourth-order valence-electron chi connectivity index (χ4n) is 3.22. The second-order valence-corrected chi connectivity index (χ2v) is 6.70. The molecular weight excluding hydrogens is 377 g/mol. The van der Waals surface area contributed by atoms with Gasteiger partial charge in [-0.3, -0.25) is 9.36 Å². The first-order valence-electron chi connectivity index (χ1n) is 8.89. The largest absolute Gasteiger partial charge is 0.451 e. The summed E-state index contributed by atoms with van der Waals surface area (Å²) in [5.41, 5.74) is 0.160. The summed E-state index contributed by atoms with van der Waals surface area (Å²) in [5.74, 6) is -1.40. The first-order valence-corrected chi connectivity index (χ1v) is 8.89. The highest BCUT2D eigenvalue weighted by atomic mass is 19.4. The second kappa shape index (κ2) is 8.17. The van der Waals surface area contributed by atoms with Gasteiger partial charge in [-0.15, -0.1) is 5.10 Å². The average molecular weight is 398 g/mol. The number of carbonyl (C=O) groups excluding carboxylic acids is 1. The molecule has 1 aromatic carbocycles. The van der Waals surface area contributed by atoms with Gasteiger partial charge in [-0.2, -0.15) is 13.2 Å². The summed E-state index contributed by atoms with van der Waals surface area (Å²) in [6, 6.07) is 8.99. The van der Waals surface area contributed by atoms with Crippen LogP contribution < -0.4 is 5.69 Å². The third-order valence-electron chi connectivity index (χ3n) is 4.76. The van der Waals surface area contributed by atoms with Crippen LogP contribution in [0.15, 0.2) is 35.1 Å². The van der Waals surface area contributed by atoms with E-state index in [-0.39, 0.29) is 12.5 Å². The standard InChI is InChI=1S/C18H21F3N4O3/c1-23-16(18(19,20)21)22-25(17(23)27)14-7-9-24(10-8-14)15(26)12-28-11-13-5-3-2-4-6-13/h2-6,14H,7-12H2,1H3. The van der Waals surface area contributed by atoms with Crippen molar-refractivity contribution < 1.29 is 22.7 Å². The van der Waals surface area contributed by atoms with Crippen LogP contribution in [0.3, 0.4) is 0 Å². The molecule has 1 aliphatic heterocycles. The maximum atomic E-state index is 12.9. The third-order valence-corrected chi connectivity index (χ3v) is 4.76. The molecule has 28 heavy (non-hydrogen) atoms. The summed E-state index contributed by atoms with van der Waals surface area (Å²) in [6.45, 7) is 0.930. The molecule has 0 N–H and O–H groups in total. The maximum absolute atomic E-state index is 12.9. The Labute approximate surface area is 159 Å². The minimum absolute atomic E-state index is 0.0681. The SMILES string of the molecule is Cn1c(C(F)(F)F)nn(C2CCN(C(=O)COCc3ccccc3)CC2)c1=O. The molecule has 0 radical (unpaired) electrons. The van der Waals surface area contributed by atoms with Crippen molar-refractivity contribution in [3.63, 3.8) is 0 Å². The molecular formula is C18H21F3N4O3. The number of carbonyl (C=O) groups is 1. The number of nitrogens with zero attached hydrogens (tertiary/aromatic N) is 4. The summed E-state index contributed by atoms with van der Waals surface area (Å²) in [4.78, 5) is 25.9. The lowest BCUT2D eigenvalue weighted by Gasteiger charge is -2.31. The molecule has 1 aliphatic rings. The number of aromatic nitrogens is 3. The zero-order valence-corrected chi connectivity index (χ0v) is 15.4. The minimum Gasteiger partial charge on any atom is -0.367 e. The van der Waals surface area contributed by atoms with Gasteiger partial charge < -0.3 is 9.64 Å². The average Bonchev–Trinajstić information content (AvgIpc) is 2.98. The van der Waals surface area contributed by atoms with Gasteiger partial charge in [0, 0.05) is 20.1 Å². The minimum atomic E-state index is -4.69. The van der Waals surface area contributed by atoms with Crippen molar-refractivity contribution in [2.75, 3.05) is 19.7 Å². The number of halogens is 3. The van der Waals surface area contributed by atoms with E-state index in [1.807, 2.05) is 30.3 Å². The first kappa shape index (κ1) is 20.1. The summed E-state index contributed by atoms with van der Waals surface area (Å²) in [6.07, 6.45) is -3.97. The van der Waals surface area contributed by atoms with Crippen LogP contribution in [0, 0.1) is 0 Å². The molecule has 0 spiro atoms. The van der Waals surface area contributed by atoms with Crippen molar-refractivity contribution in [1.82, 2.24) is 19.2 Å². The Morgan fingerprint density at radius 2 is 1.86 bits per heavy atom. The van der Waals surface area contributed by atoms with Crippen molar-refractivity contribution in [1.29, 1.82) is 0 Å². The van der Waals surface area contributed by atoms with E-state index in [0.717, 1.165) is 17.3 Å². The van der Waals surface area contributed by atoms with Crippen LogP contribution >= 0.6 is 0 Å². The van der Waals surface area contributed by atoms with Gasteiger partial charge in [-0.25, -0.2) is 9.48 Å². The molecule has 0 aliphatic carbocycles. The van der Waals surface area contributed by atoms with Gasteiger partial charge in [0.05, 0.1) is 12.6 Å². The Hall–Kier alpha value is -2.62. The van der Waals surface area contributed by atoms with E-state index in [9.17, 15) is 22.8 Å². The summed E-state index contributed by atoms with van der Waals surface area (Å²) in [7, 11) is 1.05. The van der Waals surface area contributed by atoms with Crippen molar-refractivity contribution in [2.24, 2.45) is 7.05 Å². The zero-order chi connectivity index (χ0) is 20.3. The summed E-state index contributed by atoms with van der Waals surface area (Å²) < 4.78 is 45.6. The predicted molar refractivity (Wildman–Crippen MR) is 93.4 cm³/mol. The van der Waals surface area contributed by atoms with Crippen molar-refractivity contribution in [3.05, 3.63) is 52.2 Å². The fourth-order valence-corrected chi connectivity index (χ4v) is 3.22. The highest BCUT2D eigenvalue weighted by Crippen LogP contribution is 2.28. The van der Waals surface area contributed by atoms with E-state index in [2.05, 4.69) is 5.10 Å². The van der Waals surface area contributed by atoms with E-state index in [4.69, 9.17) is 4.74 Å². The number of piperidine rings is 1. The second-order valence-electron chi connectivity index (χ2n) is 6.70. The predicted octanol–water partition coefficient (Wildman–Crippen LogP) is 1.98. The van der Waals surface area contributed by atoms with Gasteiger partial charge in [0.15, 0.2) is 0 Å². The molecule has 0 saturated carbocycles. The van der Waals surface area contributed by atoms with Crippen LogP contribution in [-0.2, 0) is 29.4 Å². The Kier molecular flexibility index (Phi) is 5.87. The van der Waals surface area contributed by atoms with E-state index in [1.54, 1.807) is 4.90 Å². The van der Waals surface area contributed by atoms with Crippen molar-refractivity contribution in [3.8, 4) is 0 Å². The van der Waals surface area contributed by atoms with Crippen molar-refractivity contribution >= 4 is 5.91 Å². The molecule has 0 bridgehead atoms. The molecule has 152 valence electrons. The molecule has 1 aromatic heterocycles. The topological polar surface area (TPSA) is 69.4 Å². The van der Waals surface area contributed by atoms with Gasteiger partial charge >= 0.3 is 11.9 Å². The molecule has 0 unspecified atom stereocenters. The quantitative estimate of drug-likeness (QED) is 0.773. The molecule has 10 heteroatoms. The first-order chi connectivity index (χ1) is 13.3. The van der Waals surface area contributed by atoms with E-state index in [1.165, 1.54) is 0 Å². The van der Waals surface area contributed by atoms with Gasteiger partial charge in [-0.05, 0) is 18.4 Å². The van der Waals surface area contributed by atoms with Crippen LogP contribution in [0.5, 0.6) is 0 Å². The van der Waals surface area contributed by atoms with Crippen LogP contribution in [-0.4, -0.2) is 44.9 Å². The number of hydrogen-bond donors (Lipinski definition) is 0. The number of alkyl halides is 3. The number of hydrogen-bond acceptors (Lipinski definition) is 4. The number of ether oxygens (including phenoxy) is 1. The molecule has 7 nitrogen and oxygen atoms in total. The number of rotatable bonds is 5. The van der Waals surface area contributed by atoms with Gasteiger partial charge in [0.2, 0.25) is 11.7 Å². The van der Waals surface area contributed by atoms with Crippen LogP contribution in [0.25, 0.3) is 0 Å². The zero-order valence-electron chi connectivity index (χ0n) is 15.4. The smallest absolute Gasteiger partial charge is 0.367 e. The lowest BCUT2D eigenvalue weighted by molar-refractivity contribution is -0.147. The highest BCUT2D eigenvalue weighted by molar-refractivity contribution is 5.77. The molecule has 2 heterocycles. The molecule has 1 fully saturated rings. The van der Waals surface area contributed by atoms with Crippen molar-refractivity contribution in [2.45, 2.75) is 31.7 Å². The molecule has 3 rings (SSSR count). The summed E-state index contributed by atoms with van der Waals surface area (Å²) in [5, 5.41) is 3.47. The monoisotopic (exact) mass is 398 g/mol. The maximum Gasteiger partial charge on any atom is 0.451 e. The number of benzene rings is 1. The lowest BCUT2D eigenvalue weighted by atomic mass is 10.1. The Balaban J connectivity index is 1.53. The molecule has 1 amide bonds. The molecule has 1 saturated heterocycles. The van der Waals surface area contributed by atoms with E-state index in [0.29, 0.717) is 37.1 Å². The molecule has 0 atom stereocenters. The van der Waals surface area contributed by atoms with E-state index >= 15 is 0 Å². The van der Waals surface area contributed by atoms with Gasteiger partial charge in [-0.1, -0.05) is 30.3 Å². The van der Waals surface area contributed by atoms with Gasteiger partial charge in [0.1, 0.15) is 6.61 Å². The molecule has 2 aromatic rings.